The second-order valence-electron chi connectivity index (χ2n) is 8.24. The third-order valence-corrected chi connectivity index (χ3v) is 4.82. The summed E-state index contributed by atoms with van der Waals surface area (Å²) in [4.78, 5) is 11.9. The number of fused-ring (bicyclic) bond motifs is 1. The molecule has 4 nitrogen and oxygen atoms in total. The van der Waals surface area contributed by atoms with Gasteiger partial charge in [0.25, 0.3) is 0 Å². The molecule has 28 heavy (non-hydrogen) atoms. The van der Waals surface area contributed by atoms with Crippen LogP contribution < -0.4 is 10.2 Å². The number of carbonyl (C=O) groups is 1. The number of nitrogens with one attached hydrogen (secondary N) is 1. The van der Waals surface area contributed by atoms with Crippen LogP contribution in [0.25, 0.3) is 10.8 Å². The van der Waals surface area contributed by atoms with Crippen LogP contribution in [0.2, 0.25) is 0 Å². The first-order valence-electron chi connectivity index (χ1n) is 9.30. The van der Waals surface area contributed by atoms with Crippen molar-refractivity contribution in [3.8, 4) is 5.75 Å². The van der Waals surface area contributed by atoms with E-state index in [9.17, 15) is 18.0 Å². The first-order valence-corrected chi connectivity index (χ1v) is 9.30. The fourth-order valence-corrected chi connectivity index (χ4v) is 3.62. The van der Waals surface area contributed by atoms with Gasteiger partial charge >= 0.3 is 6.18 Å². The lowest BCUT2D eigenvalue weighted by Crippen LogP contribution is -2.51. The summed E-state index contributed by atoms with van der Waals surface area (Å²) in [6, 6.07) is 8.07. The number of hydrogen-bond acceptors (Lipinski definition) is 3. The monoisotopic (exact) mass is 394 g/mol. The molecule has 0 aromatic heterocycles. The van der Waals surface area contributed by atoms with E-state index in [0.717, 1.165) is 5.01 Å². The zero-order valence-corrected chi connectivity index (χ0v) is 16.4. The van der Waals surface area contributed by atoms with Gasteiger partial charge < -0.3 is 4.74 Å². The van der Waals surface area contributed by atoms with E-state index in [-0.39, 0.29) is 17.9 Å². The van der Waals surface area contributed by atoms with Gasteiger partial charge in [-0.3, -0.25) is 10.2 Å². The third-order valence-electron chi connectivity index (χ3n) is 4.82. The van der Waals surface area contributed by atoms with Crippen molar-refractivity contribution < 1.29 is 22.7 Å². The molecule has 0 bridgehead atoms. The summed E-state index contributed by atoms with van der Waals surface area (Å²) in [7, 11) is 0. The predicted octanol–water partition coefficient (Wildman–Crippen LogP) is 4.99. The lowest BCUT2D eigenvalue weighted by Gasteiger charge is -2.38. The Bertz CT molecular complexity index is 872. The molecule has 1 N–H and O–H groups in total. The summed E-state index contributed by atoms with van der Waals surface area (Å²) in [6.07, 6.45) is -4.59. The molecule has 1 aliphatic heterocycles. The standard InChI is InChI=1S/C21H25F3N2O2/c1-13(2)12-28-16-10-6-8-14-7-5-9-15(18(14)16)19(21(22,23)24)26-20(3,4)11-17(27)25-26/h5-10,13,19H,11-12H2,1-4H3,(H,25,27). The minimum Gasteiger partial charge on any atom is -0.493 e. The Morgan fingerprint density at radius 1 is 1.18 bits per heavy atom. The van der Waals surface area contributed by atoms with Crippen molar-refractivity contribution in [3.05, 3.63) is 42.0 Å². The van der Waals surface area contributed by atoms with Crippen LogP contribution in [-0.4, -0.2) is 29.2 Å². The number of hydrazine groups is 1. The molecule has 0 aliphatic carbocycles. The maximum Gasteiger partial charge on any atom is 0.409 e. The van der Waals surface area contributed by atoms with Gasteiger partial charge in [0.2, 0.25) is 5.91 Å². The number of ether oxygens (including phenoxy) is 1. The van der Waals surface area contributed by atoms with Gasteiger partial charge in [-0.15, -0.1) is 0 Å². The van der Waals surface area contributed by atoms with Crippen LogP contribution in [0.1, 0.15) is 45.7 Å². The lowest BCUT2D eigenvalue weighted by molar-refractivity contribution is -0.203. The van der Waals surface area contributed by atoms with Crippen LogP contribution in [0.5, 0.6) is 5.75 Å². The van der Waals surface area contributed by atoms with Crippen molar-refractivity contribution in [3.63, 3.8) is 0 Å². The highest BCUT2D eigenvalue weighted by atomic mass is 19.4. The highest BCUT2D eigenvalue weighted by Crippen LogP contribution is 2.46. The van der Waals surface area contributed by atoms with Crippen LogP contribution in [0.4, 0.5) is 13.2 Å². The average molecular weight is 394 g/mol. The molecule has 1 heterocycles. The molecular weight excluding hydrogens is 369 g/mol. The van der Waals surface area contributed by atoms with Crippen LogP contribution in [0.3, 0.4) is 0 Å². The molecule has 1 fully saturated rings. The SMILES string of the molecule is CC(C)COc1cccc2cccc(C(N3NC(=O)CC3(C)C)C(F)(F)F)c12. The quantitative estimate of drug-likeness (QED) is 0.777. The number of halogens is 3. The molecule has 1 atom stereocenters. The number of amides is 1. The van der Waals surface area contributed by atoms with Crippen molar-refractivity contribution in [1.82, 2.24) is 10.4 Å². The molecule has 1 aliphatic rings. The molecule has 7 heteroatoms. The molecule has 3 rings (SSSR count). The van der Waals surface area contributed by atoms with Crippen molar-refractivity contribution in [1.29, 1.82) is 0 Å². The van der Waals surface area contributed by atoms with Gasteiger partial charge in [-0.1, -0.05) is 44.2 Å². The zero-order chi connectivity index (χ0) is 20.7. The fraction of sp³-hybridized carbons (Fsp3) is 0.476. The largest absolute Gasteiger partial charge is 0.493 e. The maximum absolute atomic E-state index is 14.3. The number of nitrogens with zero attached hydrogens (tertiary/aromatic N) is 1. The average Bonchev–Trinajstić information content (AvgIpc) is 2.84. The van der Waals surface area contributed by atoms with Crippen molar-refractivity contribution in [2.75, 3.05) is 6.61 Å². The minimum absolute atomic E-state index is 0.00104. The topological polar surface area (TPSA) is 41.6 Å². The third kappa shape index (κ3) is 3.94. The van der Waals surface area contributed by atoms with Crippen molar-refractivity contribution >= 4 is 16.7 Å². The summed E-state index contributed by atoms with van der Waals surface area (Å²) in [6.45, 7) is 7.62. The summed E-state index contributed by atoms with van der Waals surface area (Å²) in [5.41, 5.74) is 1.51. The van der Waals surface area contributed by atoms with Gasteiger partial charge in [0.15, 0.2) is 6.04 Å². The van der Waals surface area contributed by atoms with E-state index < -0.39 is 23.7 Å². The summed E-state index contributed by atoms with van der Waals surface area (Å²) in [5.74, 6) is 0.229. The van der Waals surface area contributed by atoms with E-state index in [2.05, 4.69) is 5.43 Å². The normalized spacial score (nSPS) is 18.5. The molecule has 2 aromatic carbocycles. The number of benzene rings is 2. The number of hydrogen-bond donors (Lipinski definition) is 1. The van der Waals surface area contributed by atoms with E-state index in [0.29, 0.717) is 23.1 Å². The molecule has 0 spiro atoms. The Kier molecular flexibility index (Phi) is 5.32. The Labute approximate surface area is 162 Å². The lowest BCUT2D eigenvalue weighted by atomic mass is 9.93. The Morgan fingerprint density at radius 3 is 2.36 bits per heavy atom. The highest BCUT2D eigenvalue weighted by Gasteiger charge is 2.53. The smallest absolute Gasteiger partial charge is 0.409 e. The second-order valence-corrected chi connectivity index (χ2v) is 8.24. The van der Waals surface area contributed by atoms with Gasteiger partial charge in [-0.2, -0.15) is 18.2 Å². The first-order chi connectivity index (χ1) is 13.0. The Balaban J connectivity index is 2.19. The molecule has 0 saturated carbocycles. The second kappa shape index (κ2) is 7.28. The predicted molar refractivity (Wildman–Crippen MR) is 102 cm³/mol. The minimum atomic E-state index is -4.59. The maximum atomic E-state index is 14.3. The Morgan fingerprint density at radius 2 is 1.82 bits per heavy atom. The fourth-order valence-electron chi connectivity index (χ4n) is 3.62. The van der Waals surface area contributed by atoms with E-state index in [4.69, 9.17) is 4.74 Å². The summed E-state index contributed by atoms with van der Waals surface area (Å²) in [5, 5.41) is 2.12. The summed E-state index contributed by atoms with van der Waals surface area (Å²) < 4.78 is 48.7. The van der Waals surface area contributed by atoms with Crippen molar-refractivity contribution in [2.24, 2.45) is 5.92 Å². The van der Waals surface area contributed by atoms with Gasteiger partial charge in [-0.25, -0.2) is 0 Å². The van der Waals surface area contributed by atoms with E-state index in [1.165, 1.54) is 6.07 Å². The van der Waals surface area contributed by atoms with Crippen molar-refractivity contribution in [2.45, 2.75) is 51.9 Å². The van der Waals surface area contributed by atoms with Crippen LogP contribution in [0.15, 0.2) is 36.4 Å². The van der Waals surface area contributed by atoms with Gasteiger partial charge in [0, 0.05) is 17.3 Å². The first kappa shape index (κ1) is 20.5. The van der Waals surface area contributed by atoms with Gasteiger partial charge in [-0.05, 0) is 36.8 Å². The van der Waals surface area contributed by atoms with Gasteiger partial charge in [0.1, 0.15) is 5.75 Å². The van der Waals surface area contributed by atoms with Crippen LogP contribution >= 0.6 is 0 Å². The zero-order valence-electron chi connectivity index (χ0n) is 16.4. The molecule has 2 aromatic rings. The van der Waals surface area contributed by atoms with Crippen LogP contribution in [0, 0.1) is 5.92 Å². The molecule has 152 valence electrons. The van der Waals surface area contributed by atoms with E-state index >= 15 is 0 Å². The van der Waals surface area contributed by atoms with E-state index in [1.54, 1.807) is 44.2 Å². The van der Waals surface area contributed by atoms with E-state index in [1.807, 2.05) is 13.8 Å². The number of carbonyl (C=O) groups excluding carboxylic acids is 1. The molecule has 1 saturated heterocycles. The number of alkyl halides is 3. The van der Waals surface area contributed by atoms with Gasteiger partial charge in [0.05, 0.1) is 6.61 Å². The highest BCUT2D eigenvalue weighted by molar-refractivity contribution is 5.92. The molecule has 0 radical (unpaired) electrons. The molecule has 1 amide bonds. The molecular formula is C21H25F3N2O2. The Hall–Kier alpha value is -2.28. The van der Waals surface area contributed by atoms with Crippen LogP contribution in [-0.2, 0) is 4.79 Å². The molecule has 1 unspecified atom stereocenters. The summed E-state index contributed by atoms with van der Waals surface area (Å²) >= 11 is 0. The number of rotatable bonds is 5.